The lowest BCUT2D eigenvalue weighted by Gasteiger charge is -2.27. The molecule has 2 N–H and O–H groups in total. The lowest BCUT2D eigenvalue weighted by molar-refractivity contribution is 0.218. The molecule has 86 valence electrons. The molecule has 4 heteroatoms. The van der Waals surface area contributed by atoms with E-state index in [0.29, 0.717) is 12.6 Å². The molecule has 1 heterocycles. The van der Waals surface area contributed by atoms with Gasteiger partial charge in [-0.15, -0.1) is 0 Å². The molecule has 16 heavy (non-hydrogen) atoms. The molecule has 1 atom stereocenters. The number of nitrogens with zero attached hydrogens (tertiary/aromatic N) is 1. The Morgan fingerprint density at radius 3 is 2.94 bits per heavy atom. The van der Waals surface area contributed by atoms with Gasteiger partial charge in [-0.2, -0.15) is 0 Å². The number of hydrogen-bond acceptors (Lipinski definition) is 2. The van der Waals surface area contributed by atoms with Crippen LogP contribution in [-0.2, 0) is 6.54 Å². The van der Waals surface area contributed by atoms with E-state index in [4.69, 9.17) is 0 Å². The first-order chi connectivity index (χ1) is 7.61. The minimum Gasteiger partial charge on any atom is -0.323 e. The quantitative estimate of drug-likeness (QED) is 0.798. The van der Waals surface area contributed by atoms with Crippen molar-refractivity contribution in [1.29, 1.82) is 0 Å². The third kappa shape index (κ3) is 1.88. The van der Waals surface area contributed by atoms with Crippen LogP contribution in [0, 0.1) is 0 Å². The van der Waals surface area contributed by atoms with E-state index in [-0.39, 0.29) is 6.03 Å². The number of anilines is 1. The van der Waals surface area contributed by atoms with Gasteiger partial charge in [-0.25, -0.2) is 4.79 Å². The second-order valence-electron chi connectivity index (χ2n) is 4.21. The van der Waals surface area contributed by atoms with Gasteiger partial charge in [0.15, 0.2) is 0 Å². The largest absolute Gasteiger partial charge is 0.323 e. The molecule has 0 aliphatic carbocycles. The number of rotatable bonds is 2. The number of amides is 2. The first-order valence-corrected chi connectivity index (χ1v) is 5.44. The molecule has 1 aromatic carbocycles. The standard InChI is InChI=1S/C12H17N3O/c1-8(13-2)9-4-5-11-10(6-9)7-15(3)12(16)14-11/h4-6,8,13H,7H2,1-3H3,(H,14,16). The second-order valence-corrected chi connectivity index (χ2v) is 4.21. The van der Waals surface area contributed by atoms with Crippen LogP contribution in [-0.4, -0.2) is 25.0 Å². The first kappa shape index (κ1) is 11.0. The predicted octanol–water partition coefficient (Wildman–Crippen LogP) is 1.94. The van der Waals surface area contributed by atoms with Gasteiger partial charge in [0.1, 0.15) is 0 Å². The van der Waals surface area contributed by atoms with E-state index in [2.05, 4.69) is 23.6 Å². The zero-order valence-corrected chi connectivity index (χ0v) is 9.87. The van der Waals surface area contributed by atoms with Crippen LogP contribution in [0.4, 0.5) is 10.5 Å². The summed E-state index contributed by atoms with van der Waals surface area (Å²) < 4.78 is 0. The van der Waals surface area contributed by atoms with E-state index >= 15 is 0 Å². The molecule has 0 radical (unpaired) electrons. The molecule has 1 aromatic rings. The van der Waals surface area contributed by atoms with E-state index in [1.165, 1.54) is 11.1 Å². The van der Waals surface area contributed by atoms with Crippen molar-refractivity contribution in [2.75, 3.05) is 19.4 Å². The van der Waals surface area contributed by atoms with Crippen molar-refractivity contribution in [2.24, 2.45) is 0 Å². The van der Waals surface area contributed by atoms with Gasteiger partial charge in [-0.3, -0.25) is 0 Å². The highest BCUT2D eigenvalue weighted by molar-refractivity contribution is 5.92. The van der Waals surface area contributed by atoms with Crippen molar-refractivity contribution in [3.8, 4) is 0 Å². The van der Waals surface area contributed by atoms with Gasteiger partial charge < -0.3 is 15.5 Å². The molecule has 0 fully saturated rings. The number of fused-ring (bicyclic) bond motifs is 1. The summed E-state index contributed by atoms with van der Waals surface area (Å²) in [5, 5.41) is 6.07. The fourth-order valence-corrected chi connectivity index (χ4v) is 1.84. The lowest BCUT2D eigenvalue weighted by Crippen LogP contribution is -2.35. The summed E-state index contributed by atoms with van der Waals surface area (Å²) in [6.45, 7) is 2.79. The number of urea groups is 1. The average molecular weight is 219 g/mol. The monoisotopic (exact) mass is 219 g/mol. The van der Waals surface area contributed by atoms with Gasteiger partial charge in [0.25, 0.3) is 0 Å². The minimum atomic E-state index is -0.0399. The number of carbonyl (C=O) groups is 1. The fraction of sp³-hybridized carbons (Fsp3) is 0.417. The van der Waals surface area contributed by atoms with Gasteiger partial charge in [-0.1, -0.05) is 12.1 Å². The van der Waals surface area contributed by atoms with Crippen LogP contribution in [0.15, 0.2) is 18.2 Å². The van der Waals surface area contributed by atoms with Crippen molar-refractivity contribution >= 4 is 11.7 Å². The van der Waals surface area contributed by atoms with Crippen LogP contribution in [0.25, 0.3) is 0 Å². The molecule has 1 aliphatic rings. The average Bonchev–Trinajstić information content (AvgIpc) is 2.29. The minimum absolute atomic E-state index is 0.0399. The smallest absolute Gasteiger partial charge is 0.321 e. The number of carbonyl (C=O) groups excluding carboxylic acids is 1. The van der Waals surface area contributed by atoms with Crippen LogP contribution < -0.4 is 10.6 Å². The molecule has 0 saturated carbocycles. The lowest BCUT2D eigenvalue weighted by atomic mass is 10.0. The zero-order chi connectivity index (χ0) is 11.7. The maximum absolute atomic E-state index is 11.4. The highest BCUT2D eigenvalue weighted by Crippen LogP contribution is 2.25. The van der Waals surface area contributed by atoms with Crippen molar-refractivity contribution in [1.82, 2.24) is 10.2 Å². The van der Waals surface area contributed by atoms with Gasteiger partial charge in [0.05, 0.1) is 0 Å². The Morgan fingerprint density at radius 1 is 1.50 bits per heavy atom. The molecule has 2 rings (SSSR count). The molecule has 0 spiro atoms. The van der Waals surface area contributed by atoms with Crippen molar-refractivity contribution in [3.63, 3.8) is 0 Å². The Bertz CT molecular complexity index is 417. The predicted molar refractivity (Wildman–Crippen MR) is 64.4 cm³/mol. The van der Waals surface area contributed by atoms with E-state index in [9.17, 15) is 4.79 Å². The van der Waals surface area contributed by atoms with Crippen molar-refractivity contribution in [3.05, 3.63) is 29.3 Å². The molecule has 4 nitrogen and oxygen atoms in total. The Labute approximate surface area is 95.6 Å². The number of nitrogens with one attached hydrogen (secondary N) is 2. The van der Waals surface area contributed by atoms with E-state index < -0.39 is 0 Å². The van der Waals surface area contributed by atoms with Gasteiger partial charge in [0.2, 0.25) is 0 Å². The highest BCUT2D eigenvalue weighted by Gasteiger charge is 2.19. The van der Waals surface area contributed by atoms with E-state index in [0.717, 1.165) is 5.69 Å². The SMILES string of the molecule is CNC(C)c1ccc2c(c1)CN(C)C(=O)N2. The maximum Gasteiger partial charge on any atom is 0.321 e. The summed E-state index contributed by atoms with van der Waals surface area (Å²) in [7, 11) is 3.74. The van der Waals surface area contributed by atoms with Crippen LogP contribution in [0.3, 0.4) is 0 Å². The van der Waals surface area contributed by atoms with Gasteiger partial charge >= 0.3 is 6.03 Å². The summed E-state index contributed by atoms with van der Waals surface area (Å²) in [4.78, 5) is 13.1. The van der Waals surface area contributed by atoms with Crippen molar-refractivity contribution < 1.29 is 4.79 Å². The normalized spacial score (nSPS) is 16.7. The molecule has 1 aliphatic heterocycles. The Hall–Kier alpha value is -1.55. The Kier molecular flexibility index (Phi) is 2.83. The Morgan fingerprint density at radius 2 is 2.25 bits per heavy atom. The summed E-state index contributed by atoms with van der Waals surface area (Å²) in [6.07, 6.45) is 0. The van der Waals surface area contributed by atoms with E-state index in [1.54, 1.807) is 11.9 Å². The molecular formula is C12H17N3O. The summed E-state index contributed by atoms with van der Waals surface area (Å²) in [5.74, 6) is 0. The number of hydrogen-bond donors (Lipinski definition) is 2. The highest BCUT2D eigenvalue weighted by atomic mass is 16.2. The zero-order valence-electron chi connectivity index (χ0n) is 9.87. The van der Waals surface area contributed by atoms with Crippen LogP contribution >= 0.6 is 0 Å². The summed E-state index contributed by atoms with van der Waals surface area (Å²) in [5.41, 5.74) is 3.34. The van der Waals surface area contributed by atoms with Crippen LogP contribution in [0.5, 0.6) is 0 Å². The third-order valence-electron chi connectivity index (χ3n) is 3.06. The number of benzene rings is 1. The van der Waals surface area contributed by atoms with Crippen LogP contribution in [0.2, 0.25) is 0 Å². The van der Waals surface area contributed by atoms with Crippen molar-refractivity contribution in [2.45, 2.75) is 19.5 Å². The third-order valence-corrected chi connectivity index (χ3v) is 3.06. The maximum atomic E-state index is 11.4. The topological polar surface area (TPSA) is 44.4 Å². The first-order valence-electron chi connectivity index (χ1n) is 5.44. The van der Waals surface area contributed by atoms with Gasteiger partial charge in [0, 0.05) is 25.3 Å². The van der Waals surface area contributed by atoms with Gasteiger partial charge in [-0.05, 0) is 31.2 Å². The molecule has 1 unspecified atom stereocenters. The fourth-order valence-electron chi connectivity index (χ4n) is 1.84. The summed E-state index contributed by atoms with van der Waals surface area (Å²) in [6, 6.07) is 6.46. The molecule has 2 amide bonds. The van der Waals surface area contributed by atoms with Crippen LogP contribution in [0.1, 0.15) is 24.1 Å². The second kappa shape index (κ2) is 4.14. The molecule has 0 bridgehead atoms. The van der Waals surface area contributed by atoms with E-state index in [1.807, 2.05) is 19.2 Å². The summed E-state index contributed by atoms with van der Waals surface area (Å²) >= 11 is 0. The Balaban J connectivity index is 2.32. The molecule has 0 saturated heterocycles. The molecule has 0 aromatic heterocycles. The molecular weight excluding hydrogens is 202 g/mol.